The van der Waals surface area contributed by atoms with Crippen LogP contribution >= 0.6 is 0 Å². The third-order valence-corrected chi connectivity index (χ3v) is 6.73. The number of hydrogen-bond acceptors (Lipinski definition) is 5. The van der Waals surface area contributed by atoms with Crippen molar-refractivity contribution in [3.05, 3.63) is 59.5 Å². The van der Waals surface area contributed by atoms with Gasteiger partial charge in [0.15, 0.2) is 0 Å². The molecule has 1 atom stereocenters. The van der Waals surface area contributed by atoms with Crippen molar-refractivity contribution in [2.24, 2.45) is 0 Å². The van der Waals surface area contributed by atoms with Crippen LogP contribution in [0.15, 0.2) is 51.9 Å². The number of aryl methyl sites for hydroxylation is 2. The van der Waals surface area contributed by atoms with Gasteiger partial charge >= 0.3 is 0 Å². The highest BCUT2D eigenvalue weighted by atomic mass is 32.2. The lowest BCUT2D eigenvalue weighted by Crippen LogP contribution is -2.36. The molecule has 2 aromatic carbocycles. The van der Waals surface area contributed by atoms with Gasteiger partial charge in [0, 0.05) is 18.5 Å². The van der Waals surface area contributed by atoms with E-state index in [-0.39, 0.29) is 10.9 Å². The highest BCUT2D eigenvalue weighted by Gasteiger charge is 2.36. The third kappa shape index (κ3) is 2.59. The molecule has 2 heterocycles. The first-order valence-corrected chi connectivity index (χ1v) is 9.85. The SMILES string of the molecule is Cc1nc(-c2ccc(C)c(S(=O)(=O)N3c4ccccc4CC3C)c2)no1. The average molecular weight is 369 g/mol. The summed E-state index contributed by atoms with van der Waals surface area (Å²) in [4.78, 5) is 4.46. The maximum absolute atomic E-state index is 13.5. The predicted octanol–water partition coefficient (Wildman–Crippen LogP) is 3.49. The van der Waals surface area contributed by atoms with E-state index in [2.05, 4.69) is 10.1 Å². The fraction of sp³-hybridized carbons (Fsp3) is 0.263. The summed E-state index contributed by atoms with van der Waals surface area (Å²) in [5.41, 5.74) is 3.10. The predicted molar refractivity (Wildman–Crippen MR) is 98.5 cm³/mol. The molecule has 26 heavy (non-hydrogen) atoms. The molecule has 0 fully saturated rings. The van der Waals surface area contributed by atoms with Crippen LogP contribution in [0.5, 0.6) is 0 Å². The fourth-order valence-corrected chi connectivity index (χ4v) is 5.39. The Morgan fingerprint density at radius 1 is 1.15 bits per heavy atom. The lowest BCUT2D eigenvalue weighted by molar-refractivity contribution is 0.394. The van der Waals surface area contributed by atoms with Gasteiger partial charge in [-0.3, -0.25) is 4.31 Å². The van der Waals surface area contributed by atoms with E-state index >= 15 is 0 Å². The Hall–Kier alpha value is -2.67. The van der Waals surface area contributed by atoms with Gasteiger partial charge in [0.1, 0.15) is 0 Å². The number of aromatic nitrogens is 2. The molecule has 6 nitrogen and oxygen atoms in total. The minimum absolute atomic E-state index is 0.132. The van der Waals surface area contributed by atoms with Crippen molar-refractivity contribution in [3.63, 3.8) is 0 Å². The van der Waals surface area contributed by atoms with Crippen molar-refractivity contribution in [2.75, 3.05) is 4.31 Å². The monoisotopic (exact) mass is 369 g/mol. The Balaban J connectivity index is 1.84. The van der Waals surface area contributed by atoms with Crippen LogP contribution < -0.4 is 4.31 Å². The Kier molecular flexibility index (Phi) is 3.84. The molecular weight excluding hydrogens is 350 g/mol. The summed E-state index contributed by atoms with van der Waals surface area (Å²) in [6.45, 7) is 5.43. The third-order valence-electron chi connectivity index (χ3n) is 4.66. The molecule has 1 aliphatic rings. The van der Waals surface area contributed by atoms with E-state index < -0.39 is 10.0 Å². The molecular formula is C19H19N3O3S. The Labute approximate surface area is 152 Å². The van der Waals surface area contributed by atoms with Gasteiger partial charge in [-0.05, 0) is 43.5 Å². The topological polar surface area (TPSA) is 76.3 Å². The summed E-state index contributed by atoms with van der Waals surface area (Å²) in [6.07, 6.45) is 0.707. The fourth-order valence-electron chi connectivity index (χ4n) is 3.44. The number of benzene rings is 2. The molecule has 0 saturated carbocycles. The van der Waals surface area contributed by atoms with E-state index in [1.54, 1.807) is 32.0 Å². The van der Waals surface area contributed by atoms with E-state index in [1.165, 1.54) is 4.31 Å². The molecule has 0 bridgehead atoms. The van der Waals surface area contributed by atoms with Crippen LogP contribution in [-0.2, 0) is 16.4 Å². The number of rotatable bonds is 3. The van der Waals surface area contributed by atoms with Crippen molar-refractivity contribution in [1.82, 2.24) is 10.1 Å². The zero-order valence-electron chi connectivity index (χ0n) is 14.8. The maximum Gasteiger partial charge on any atom is 0.264 e. The summed E-state index contributed by atoms with van der Waals surface area (Å²) in [5, 5.41) is 3.89. The minimum Gasteiger partial charge on any atom is -0.339 e. The molecule has 0 amide bonds. The zero-order valence-corrected chi connectivity index (χ0v) is 15.6. The van der Waals surface area contributed by atoms with Crippen LogP contribution in [0.25, 0.3) is 11.4 Å². The highest BCUT2D eigenvalue weighted by Crippen LogP contribution is 2.37. The highest BCUT2D eigenvalue weighted by molar-refractivity contribution is 7.93. The number of fused-ring (bicyclic) bond motifs is 1. The summed E-state index contributed by atoms with van der Waals surface area (Å²) < 4.78 is 33.5. The molecule has 1 aromatic heterocycles. The van der Waals surface area contributed by atoms with Crippen molar-refractivity contribution >= 4 is 15.7 Å². The first kappa shape index (κ1) is 16.8. The smallest absolute Gasteiger partial charge is 0.264 e. The zero-order chi connectivity index (χ0) is 18.5. The van der Waals surface area contributed by atoms with Gasteiger partial charge in [0.2, 0.25) is 11.7 Å². The number of anilines is 1. The minimum atomic E-state index is -3.71. The summed E-state index contributed by atoms with van der Waals surface area (Å²) in [5.74, 6) is 0.820. The average Bonchev–Trinajstić information content (AvgIpc) is 3.17. The molecule has 0 spiro atoms. The number of nitrogens with zero attached hydrogens (tertiary/aromatic N) is 3. The Morgan fingerprint density at radius 3 is 2.65 bits per heavy atom. The van der Waals surface area contributed by atoms with Gasteiger partial charge in [0.05, 0.1) is 10.6 Å². The van der Waals surface area contributed by atoms with Crippen molar-refractivity contribution < 1.29 is 12.9 Å². The van der Waals surface area contributed by atoms with Gasteiger partial charge in [0.25, 0.3) is 10.0 Å². The Morgan fingerprint density at radius 2 is 1.92 bits per heavy atom. The number of para-hydroxylation sites is 1. The molecule has 0 saturated heterocycles. The lowest BCUT2D eigenvalue weighted by atomic mass is 10.1. The van der Waals surface area contributed by atoms with Crippen molar-refractivity contribution in [3.8, 4) is 11.4 Å². The quantitative estimate of drug-likeness (QED) is 0.706. The summed E-state index contributed by atoms with van der Waals surface area (Å²) in [7, 11) is -3.71. The van der Waals surface area contributed by atoms with Gasteiger partial charge in [-0.25, -0.2) is 8.42 Å². The van der Waals surface area contributed by atoms with Gasteiger partial charge in [-0.15, -0.1) is 0 Å². The first-order valence-electron chi connectivity index (χ1n) is 8.41. The van der Waals surface area contributed by atoms with Crippen LogP contribution in [0.4, 0.5) is 5.69 Å². The second-order valence-corrected chi connectivity index (χ2v) is 8.38. The largest absolute Gasteiger partial charge is 0.339 e. The molecule has 0 aliphatic carbocycles. The van der Waals surface area contributed by atoms with Crippen molar-refractivity contribution in [2.45, 2.75) is 38.1 Å². The van der Waals surface area contributed by atoms with Crippen LogP contribution in [0, 0.1) is 13.8 Å². The molecule has 7 heteroatoms. The molecule has 0 N–H and O–H groups in total. The summed E-state index contributed by atoms with van der Waals surface area (Å²) >= 11 is 0. The number of hydrogen-bond donors (Lipinski definition) is 0. The molecule has 4 rings (SSSR count). The maximum atomic E-state index is 13.5. The van der Waals surface area contributed by atoms with Crippen LogP contribution in [-0.4, -0.2) is 24.6 Å². The number of sulfonamides is 1. The first-order chi connectivity index (χ1) is 12.4. The second-order valence-electron chi connectivity index (χ2n) is 6.60. The van der Waals surface area contributed by atoms with E-state index in [4.69, 9.17) is 4.52 Å². The van der Waals surface area contributed by atoms with E-state index in [1.807, 2.05) is 31.2 Å². The molecule has 3 aromatic rings. The molecule has 1 aliphatic heterocycles. The second kappa shape index (κ2) is 5.95. The molecule has 0 radical (unpaired) electrons. The van der Waals surface area contributed by atoms with Crippen molar-refractivity contribution in [1.29, 1.82) is 0 Å². The molecule has 134 valence electrons. The summed E-state index contributed by atoms with van der Waals surface area (Å²) in [6, 6.07) is 12.7. The lowest BCUT2D eigenvalue weighted by Gasteiger charge is -2.25. The van der Waals surface area contributed by atoms with E-state index in [0.717, 1.165) is 11.3 Å². The van der Waals surface area contributed by atoms with E-state index in [9.17, 15) is 8.42 Å². The molecule has 1 unspecified atom stereocenters. The van der Waals surface area contributed by atoms with Crippen LogP contribution in [0.2, 0.25) is 0 Å². The van der Waals surface area contributed by atoms with Crippen LogP contribution in [0.3, 0.4) is 0 Å². The van der Waals surface area contributed by atoms with Gasteiger partial charge in [-0.1, -0.05) is 35.5 Å². The normalized spacial score (nSPS) is 16.7. The van der Waals surface area contributed by atoms with Gasteiger partial charge < -0.3 is 4.52 Å². The standard InChI is InChI=1S/C19H19N3O3S/c1-12-8-9-16(19-20-14(3)25-21-19)11-18(12)26(23,24)22-13(2)10-15-6-4-5-7-17(15)22/h4-9,11,13H,10H2,1-3H3. The Bertz CT molecular complexity index is 1090. The van der Waals surface area contributed by atoms with E-state index in [0.29, 0.717) is 29.3 Å². The van der Waals surface area contributed by atoms with Gasteiger partial charge in [-0.2, -0.15) is 4.98 Å². The van der Waals surface area contributed by atoms with Crippen LogP contribution in [0.1, 0.15) is 23.9 Å².